The van der Waals surface area contributed by atoms with E-state index in [9.17, 15) is 115 Å². The number of aromatic nitrogens is 2. The average Bonchev–Trinajstić information content (AvgIpc) is 0.709. The van der Waals surface area contributed by atoms with Gasteiger partial charge in [0.05, 0.1) is 69.1 Å². The molecule has 0 radical (unpaired) electrons. The molecule has 0 aliphatic carbocycles. The third-order valence-corrected chi connectivity index (χ3v) is 15.1. The van der Waals surface area contributed by atoms with Gasteiger partial charge in [0, 0.05) is 5.56 Å². The maximum atomic E-state index is 14.2. The van der Waals surface area contributed by atoms with Crippen molar-refractivity contribution in [2.45, 2.75) is 166 Å². The molecule has 0 saturated carbocycles. The van der Waals surface area contributed by atoms with E-state index in [1.807, 2.05) is 0 Å². The molecule has 0 saturated heterocycles. The molecule has 0 spiro atoms. The molecule has 0 aliphatic rings. The highest BCUT2D eigenvalue weighted by Gasteiger charge is 2.47. The number of hydrogen-bond donors (Lipinski definition) is 0. The van der Waals surface area contributed by atoms with E-state index >= 15 is 0 Å². The molecule has 0 unspecified atom stereocenters. The largest absolute Gasteiger partial charge is 0.462 e. The lowest BCUT2D eigenvalue weighted by Gasteiger charge is -2.46. The number of carbonyl (C=O) groups excluding carboxylic acids is 2. The summed E-state index contributed by atoms with van der Waals surface area (Å²) in [6.45, 7) is 2.97. The second-order valence-corrected chi connectivity index (χ2v) is 22.1. The Morgan fingerprint density at radius 1 is 0.355 bits per heavy atom. The molecule has 510 valence electrons. The minimum Gasteiger partial charge on any atom is -0.462 e. The van der Waals surface area contributed by atoms with Crippen molar-refractivity contribution >= 4 is 39.7 Å². The Labute approximate surface area is 517 Å². The molecule has 0 fully saturated rings. The van der Waals surface area contributed by atoms with Gasteiger partial charge in [-0.3, -0.25) is 9.78 Å². The van der Waals surface area contributed by atoms with Crippen molar-refractivity contribution < 1.29 is 124 Å². The van der Waals surface area contributed by atoms with Gasteiger partial charge in [-0.2, -0.15) is 132 Å². The van der Waals surface area contributed by atoms with Crippen molar-refractivity contribution in [2.75, 3.05) is 6.61 Å². The van der Waals surface area contributed by atoms with Gasteiger partial charge in [-0.15, -0.1) is 0 Å². The summed E-state index contributed by atoms with van der Waals surface area (Å²) in [6, 6.07) is -2.10. The number of benzene rings is 5. The van der Waals surface area contributed by atoms with Gasteiger partial charge in [0.2, 0.25) is 12.3 Å². The molecule has 1 heterocycles. The zero-order valence-electron chi connectivity index (χ0n) is 49.0. The molecule has 30 heteroatoms. The van der Waals surface area contributed by atoms with Crippen molar-refractivity contribution in [2.24, 2.45) is 0 Å². The van der Waals surface area contributed by atoms with Gasteiger partial charge < -0.3 is 4.74 Å². The third-order valence-electron chi connectivity index (χ3n) is 15.1. The summed E-state index contributed by atoms with van der Waals surface area (Å²) in [5, 5.41) is 0. The number of esters is 1. The molecular formula is C63H59BF24N2O3. The number of ether oxygens (including phenoxy) is 1. The first-order valence-electron chi connectivity index (χ1n) is 28.9. The second-order valence-electron chi connectivity index (χ2n) is 22.1. The number of rotatable bonds is 25. The van der Waals surface area contributed by atoms with Crippen LogP contribution in [0.25, 0.3) is 0 Å². The SMILES string of the molecule is CCCCCCCCCCCCCCCCCCOC(=O)c1ccc(C(=O)C[n+]2ccncc2)cc1.FC(F)(F)c1cc([B-](c2cc(C(F)(F)F)cc(C(F)(F)F)c2)(c2cc(C(F)(F)F)cc(C(F)(F)F)c2)c2cc(C(F)(F)F)cc(C(F)(F)F)c2)cc(C(F)(F)F)c1. The van der Waals surface area contributed by atoms with Gasteiger partial charge in [0.1, 0.15) is 6.15 Å². The molecule has 6 rings (SSSR count). The Morgan fingerprint density at radius 3 is 0.839 bits per heavy atom. The zero-order valence-corrected chi connectivity index (χ0v) is 49.0. The summed E-state index contributed by atoms with van der Waals surface area (Å²) in [7, 11) is 0. The van der Waals surface area contributed by atoms with E-state index in [2.05, 4.69) is 11.9 Å². The van der Waals surface area contributed by atoms with Crippen LogP contribution >= 0.6 is 0 Å². The first kappa shape index (κ1) is 76.4. The maximum Gasteiger partial charge on any atom is 0.416 e. The molecule has 1 aromatic heterocycles. The fraction of sp³-hybridized carbons (Fsp3) is 0.429. The fourth-order valence-corrected chi connectivity index (χ4v) is 10.5. The number of unbranched alkanes of at least 4 members (excludes halogenated alkanes) is 15. The smallest absolute Gasteiger partial charge is 0.416 e. The molecule has 5 nitrogen and oxygen atoms in total. The molecular weight excluding hydrogens is 1300 g/mol. The number of ketones is 1. The first-order valence-corrected chi connectivity index (χ1v) is 28.9. The van der Waals surface area contributed by atoms with Gasteiger partial charge >= 0.3 is 55.4 Å². The normalized spacial score (nSPS) is 13.0. The zero-order chi connectivity index (χ0) is 69.6. The molecule has 5 aromatic carbocycles. The lowest BCUT2D eigenvalue weighted by Crippen LogP contribution is -2.75. The highest BCUT2D eigenvalue weighted by Crippen LogP contribution is 2.42. The van der Waals surface area contributed by atoms with Gasteiger partial charge in [0.15, 0.2) is 12.4 Å². The second kappa shape index (κ2) is 31.3. The monoisotopic (exact) mass is 1360 g/mol. The number of Topliss-reactive ketones (excluding diaryl/α,β-unsaturated/α-hetero) is 1. The topological polar surface area (TPSA) is 60.1 Å². The van der Waals surface area contributed by atoms with Crippen LogP contribution in [-0.4, -0.2) is 29.5 Å². The average molecular weight is 1360 g/mol. The molecule has 0 aliphatic heterocycles. The number of halogens is 24. The van der Waals surface area contributed by atoms with E-state index < -0.39 is 195 Å². The lowest BCUT2D eigenvalue weighted by molar-refractivity contribution is -0.683. The lowest BCUT2D eigenvalue weighted by atomic mass is 9.12. The summed E-state index contributed by atoms with van der Waals surface area (Å²) in [5.41, 5.74) is -29.1. The third kappa shape index (κ3) is 22.2. The highest BCUT2D eigenvalue weighted by atomic mass is 19.4. The van der Waals surface area contributed by atoms with E-state index in [0.717, 1.165) is 12.8 Å². The quantitative estimate of drug-likeness (QED) is 0.0143. The number of alkyl halides is 24. The van der Waals surface area contributed by atoms with E-state index in [1.54, 1.807) is 53.6 Å². The molecule has 0 atom stereocenters. The Morgan fingerprint density at radius 2 is 0.591 bits per heavy atom. The van der Waals surface area contributed by atoms with Crippen LogP contribution in [0.5, 0.6) is 0 Å². The highest BCUT2D eigenvalue weighted by molar-refractivity contribution is 7.20. The van der Waals surface area contributed by atoms with Crippen LogP contribution in [0.3, 0.4) is 0 Å². The minimum atomic E-state index is -6.13. The maximum absolute atomic E-state index is 14.2. The van der Waals surface area contributed by atoms with Crippen LogP contribution in [0.15, 0.2) is 122 Å². The molecule has 6 aromatic rings. The van der Waals surface area contributed by atoms with Crippen molar-refractivity contribution in [3.63, 3.8) is 0 Å². The van der Waals surface area contributed by atoms with Gasteiger partial charge in [0.25, 0.3) is 0 Å². The number of hydrogen-bond acceptors (Lipinski definition) is 4. The molecule has 0 N–H and O–H groups in total. The standard InChI is InChI=1S/C32H12BF24.C31H47N2O3/c34-25(35,36)13-1-14(26(37,38)39)6-21(5-13)33(22-7-15(27(40,41)42)2-16(8-22)28(43,44)45,23-9-17(29(46,47)48)3-18(10-23)30(49,50)51)24-11-19(31(52,53)54)4-20(12-24)32(55,56)57;1-2-3-4-5-6-7-8-9-10-11-12-13-14-15-16-17-26-36-31(35)29-20-18-28(19-21-29)30(34)27-33-24-22-32-23-25-33/h1-12H;18-25H,2-17,26-27H2,1H3/q-1;+1. The van der Waals surface area contributed by atoms with Crippen LogP contribution in [0.2, 0.25) is 0 Å². The van der Waals surface area contributed by atoms with Gasteiger partial charge in [-0.1, -0.05) is 164 Å². The Balaban J connectivity index is 0.000000374. The number of carbonyl (C=O) groups is 2. The summed E-state index contributed by atoms with van der Waals surface area (Å²) < 4.78 is 348. The van der Waals surface area contributed by atoms with Crippen molar-refractivity contribution in [1.82, 2.24) is 4.98 Å². The van der Waals surface area contributed by atoms with E-state index in [1.165, 1.54) is 89.9 Å². The van der Waals surface area contributed by atoms with Crippen molar-refractivity contribution in [1.29, 1.82) is 0 Å². The Kier molecular flexibility index (Phi) is 25.7. The van der Waals surface area contributed by atoms with E-state index in [0.29, 0.717) is 17.7 Å². The Bertz CT molecular complexity index is 2970. The van der Waals surface area contributed by atoms with Gasteiger partial charge in [-0.25, -0.2) is 4.79 Å². The van der Waals surface area contributed by atoms with Crippen LogP contribution in [-0.2, 0) is 60.7 Å². The van der Waals surface area contributed by atoms with Crippen LogP contribution in [0.4, 0.5) is 105 Å². The van der Waals surface area contributed by atoms with Crippen LogP contribution in [0, 0.1) is 0 Å². The predicted octanol–water partition coefficient (Wildman–Crippen LogP) is 18.9. The van der Waals surface area contributed by atoms with Crippen LogP contribution in [0.1, 0.15) is 175 Å². The molecule has 0 amide bonds. The van der Waals surface area contributed by atoms with Crippen molar-refractivity contribution in [3.8, 4) is 0 Å². The minimum absolute atomic E-state index is 0.0146. The first-order chi connectivity index (χ1) is 43.0. The fourth-order valence-electron chi connectivity index (χ4n) is 10.5. The van der Waals surface area contributed by atoms with E-state index in [4.69, 9.17) is 4.74 Å². The summed E-state index contributed by atoms with van der Waals surface area (Å²) >= 11 is 0. The summed E-state index contributed by atoms with van der Waals surface area (Å²) in [6.07, 6.45) is -26.8. The predicted molar refractivity (Wildman–Crippen MR) is 295 cm³/mol. The Hall–Kier alpha value is -7.30. The molecule has 0 bridgehead atoms. The van der Waals surface area contributed by atoms with Gasteiger partial charge in [-0.05, 0) is 42.8 Å². The van der Waals surface area contributed by atoms with Crippen molar-refractivity contribution in [3.05, 3.63) is 177 Å². The van der Waals surface area contributed by atoms with Crippen LogP contribution < -0.4 is 26.4 Å². The van der Waals surface area contributed by atoms with E-state index in [-0.39, 0.29) is 18.3 Å². The summed E-state index contributed by atoms with van der Waals surface area (Å²) in [4.78, 5) is 28.6. The summed E-state index contributed by atoms with van der Waals surface area (Å²) in [5.74, 6) is -0.335. The number of nitrogens with zero attached hydrogens (tertiary/aromatic N) is 2. The molecule has 93 heavy (non-hydrogen) atoms.